The molecule has 6 heteroatoms. The van der Waals surface area contributed by atoms with Crippen molar-refractivity contribution in [2.24, 2.45) is 5.92 Å². The lowest BCUT2D eigenvalue weighted by Gasteiger charge is -2.30. The average Bonchev–Trinajstić information content (AvgIpc) is 2.54. The molecule has 0 unspecified atom stereocenters. The van der Waals surface area contributed by atoms with Gasteiger partial charge in [0.1, 0.15) is 5.75 Å². The lowest BCUT2D eigenvalue weighted by Crippen LogP contribution is -2.32. The first-order valence-corrected chi connectivity index (χ1v) is 8.58. The van der Waals surface area contributed by atoms with Gasteiger partial charge in [0.25, 0.3) is 0 Å². The van der Waals surface area contributed by atoms with Crippen molar-refractivity contribution in [2.75, 3.05) is 0 Å². The first-order chi connectivity index (χ1) is 11.4. The molecule has 0 N–H and O–H groups in total. The van der Waals surface area contributed by atoms with Crippen molar-refractivity contribution in [3.8, 4) is 5.75 Å². The molecule has 2 aromatic carbocycles. The smallest absolute Gasteiger partial charge is 0.391 e. The molecular weight excluding hydrogens is 385 g/mol. The standard InChI is InChI=1S/C18H16BrF3O2/c19-13-5-1-11-2-8-17(16(10-23)15(11)9-13)24-14-6-3-12(4-7-14)18(20,21)22/h1-2,5,8-10,12,14H,3-4,6-7H2/t12-,14+. The zero-order valence-electron chi connectivity index (χ0n) is 12.8. The lowest BCUT2D eigenvalue weighted by atomic mass is 9.87. The van der Waals surface area contributed by atoms with Gasteiger partial charge in [-0.2, -0.15) is 13.2 Å². The van der Waals surface area contributed by atoms with Crippen LogP contribution in [0.15, 0.2) is 34.8 Å². The maximum Gasteiger partial charge on any atom is 0.391 e. The van der Waals surface area contributed by atoms with Crippen molar-refractivity contribution in [1.29, 1.82) is 0 Å². The van der Waals surface area contributed by atoms with E-state index in [0.29, 0.717) is 24.2 Å². The van der Waals surface area contributed by atoms with Gasteiger partial charge in [-0.3, -0.25) is 4.79 Å². The van der Waals surface area contributed by atoms with Crippen LogP contribution in [0.1, 0.15) is 36.0 Å². The van der Waals surface area contributed by atoms with Gasteiger partial charge in [0.15, 0.2) is 6.29 Å². The molecule has 2 nitrogen and oxygen atoms in total. The van der Waals surface area contributed by atoms with E-state index in [-0.39, 0.29) is 18.9 Å². The van der Waals surface area contributed by atoms with E-state index >= 15 is 0 Å². The summed E-state index contributed by atoms with van der Waals surface area (Å²) in [5.41, 5.74) is 0.437. The van der Waals surface area contributed by atoms with E-state index in [1.54, 1.807) is 6.07 Å². The highest BCUT2D eigenvalue weighted by atomic mass is 79.9. The summed E-state index contributed by atoms with van der Waals surface area (Å²) in [6, 6.07) is 9.19. The van der Waals surface area contributed by atoms with E-state index in [2.05, 4.69) is 15.9 Å². The van der Waals surface area contributed by atoms with Crippen LogP contribution in [0.4, 0.5) is 13.2 Å². The number of halogens is 4. The van der Waals surface area contributed by atoms with E-state index in [9.17, 15) is 18.0 Å². The molecule has 1 aliphatic carbocycles. The Bertz CT molecular complexity index is 750. The summed E-state index contributed by atoms with van der Waals surface area (Å²) in [6.07, 6.45) is -2.84. The summed E-state index contributed by atoms with van der Waals surface area (Å²) in [7, 11) is 0. The van der Waals surface area contributed by atoms with Gasteiger partial charge in [0.05, 0.1) is 17.6 Å². The van der Waals surface area contributed by atoms with E-state index in [1.807, 2.05) is 24.3 Å². The predicted octanol–water partition coefficient (Wildman–Crippen LogP) is 5.91. The van der Waals surface area contributed by atoms with Crippen molar-refractivity contribution in [1.82, 2.24) is 0 Å². The number of hydrogen-bond donors (Lipinski definition) is 0. The third-order valence-electron chi connectivity index (χ3n) is 4.53. The van der Waals surface area contributed by atoms with Crippen molar-refractivity contribution >= 4 is 33.0 Å². The van der Waals surface area contributed by atoms with Crippen LogP contribution in [0.5, 0.6) is 5.75 Å². The molecule has 0 saturated heterocycles. The van der Waals surface area contributed by atoms with Crippen LogP contribution in [0, 0.1) is 5.92 Å². The van der Waals surface area contributed by atoms with Crippen LogP contribution in [0.2, 0.25) is 0 Å². The third-order valence-corrected chi connectivity index (χ3v) is 5.03. The minimum atomic E-state index is -4.13. The molecule has 24 heavy (non-hydrogen) atoms. The molecule has 128 valence electrons. The van der Waals surface area contributed by atoms with Crippen LogP contribution in [-0.4, -0.2) is 18.6 Å². The summed E-state index contributed by atoms with van der Waals surface area (Å²) in [5, 5.41) is 1.68. The van der Waals surface area contributed by atoms with Crippen LogP contribution < -0.4 is 4.74 Å². The van der Waals surface area contributed by atoms with Gasteiger partial charge in [0, 0.05) is 4.47 Å². The molecule has 1 saturated carbocycles. The van der Waals surface area contributed by atoms with Gasteiger partial charge in [-0.25, -0.2) is 0 Å². The highest BCUT2D eigenvalue weighted by Crippen LogP contribution is 2.39. The summed E-state index contributed by atoms with van der Waals surface area (Å²) in [4.78, 5) is 11.5. The van der Waals surface area contributed by atoms with Gasteiger partial charge in [-0.15, -0.1) is 0 Å². The molecule has 0 bridgehead atoms. The zero-order valence-corrected chi connectivity index (χ0v) is 14.4. The zero-order chi connectivity index (χ0) is 17.3. The number of aldehydes is 1. The number of fused-ring (bicyclic) bond motifs is 1. The molecule has 0 aliphatic heterocycles. The second kappa shape index (κ2) is 6.75. The second-order valence-corrected chi connectivity index (χ2v) is 7.01. The fourth-order valence-electron chi connectivity index (χ4n) is 3.21. The quantitative estimate of drug-likeness (QED) is 0.598. The SMILES string of the molecule is O=Cc1c(O[C@H]2CC[C@@H](C(F)(F)F)CC2)ccc2ccc(Br)cc12. The van der Waals surface area contributed by atoms with Gasteiger partial charge >= 0.3 is 6.18 Å². The monoisotopic (exact) mass is 400 g/mol. The molecule has 1 fully saturated rings. The minimum Gasteiger partial charge on any atom is -0.490 e. The molecule has 2 aromatic rings. The van der Waals surface area contributed by atoms with Crippen LogP contribution in [0.3, 0.4) is 0 Å². The molecular formula is C18H16BrF3O2. The number of carbonyl (C=O) groups is 1. The third kappa shape index (κ3) is 3.58. The normalized spacial score (nSPS) is 21.7. The van der Waals surface area contributed by atoms with Gasteiger partial charge in [0.2, 0.25) is 0 Å². The average molecular weight is 401 g/mol. The van der Waals surface area contributed by atoms with E-state index in [0.717, 1.165) is 21.5 Å². The first-order valence-electron chi connectivity index (χ1n) is 7.79. The topological polar surface area (TPSA) is 26.3 Å². The van der Waals surface area contributed by atoms with Gasteiger partial charge < -0.3 is 4.74 Å². The number of alkyl halides is 3. The van der Waals surface area contributed by atoms with Crippen LogP contribution in [-0.2, 0) is 0 Å². The molecule has 3 rings (SSSR count). The van der Waals surface area contributed by atoms with E-state index in [1.165, 1.54) is 0 Å². The maximum atomic E-state index is 12.7. The second-order valence-electron chi connectivity index (χ2n) is 6.09. The van der Waals surface area contributed by atoms with Gasteiger partial charge in [-0.1, -0.05) is 28.1 Å². The highest BCUT2D eigenvalue weighted by Gasteiger charge is 2.41. The summed E-state index contributed by atoms with van der Waals surface area (Å²) >= 11 is 3.38. The summed E-state index contributed by atoms with van der Waals surface area (Å²) in [6.45, 7) is 0. The Morgan fingerprint density at radius 3 is 2.38 bits per heavy atom. The number of carbonyl (C=O) groups excluding carboxylic acids is 1. The van der Waals surface area contributed by atoms with Crippen LogP contribution >= 0.6 is 15.9 Å². The number of hydrogen-bond acceptors (Lipinski definition) is 2. The number of rotatable bonds is 3. The number of ether oxygens (including phenoxy) is 1. The predicted molar refractivity (Wildman–Crippen MR) is 89.5 cm³/mol. The molecule has 0 aromatic heterocycles. The first kappa shape index (κ1) is 17.3. The Hall–Kier alpha value is -1.56. The van der Waals surface area contributed by atoms with Crippen molar-refractivity contribution in [3.63, 3.8) is 0 Å². The molecule has 0 atom stereocenters. The van der Waals surface area contributed by atoms with Crippen molar-refractivity contribution in [3.05, 3.63) is 40.4 Å². The van der Waals surface area contributed by atoms with Gasteiger partial charge in [-0.05, 0) is 54.7 Å². The highest BCUT2D eigenvalue weighted by molar-refractivity contribution is 9.10. The Morgan fingerprint density at radius 2 is 1.75 bits per heavy atom. The Balaban J connectivity index is 1.80. The van der Waals surface area contributed by atoms with Crippen LogP contribution in [0.25, 0.3) is 10.8 Å². The number of benzene rings is 2. The largest absolute Gasteiger partial charge is 0.490 e. The fourth-order valence-corrected chi connectivity index (χ4v) is 3.57. The lowest BCUT2D eigenvalue weighted by molar-refractivity contribution is -0.185. The minimum absolute atomic E-state index is 0.0731. The molecule has 1 aliphatic rings. The Morgan fingerprint density at radius 1 is 1.08 bits per heavy atom. The molecule has 0 heterocycles. The van der Waals surface area contributed by atoms with Crippen molar-refractivity contribution in [2.45, 2.75) is 38.0 Å². The molecule has 0 radical (unpaired) electrons. The summed E-state index contributed by atoms with van der Waals surface area (Å²) < 4.78 is 44.9. The Labute approximate surface area is 146 Å². The fraction of sp³-hybridized carbons (Fsp3) is 0.389. The van der Waals surface area contributed by atoms with E-state index in [4.69, 9.17) is 4.74 Å². The van der Waals surface area contributed by atoms with Crippen molar-refractivity contribution < 1.29 is 22.7 Å². The summed E-state index contributed by atoms with van der Waals surface area (Å²) in [5.74, 6) is -0.804. The molecule has 0 amide bonds. The molecule has 0 spiro atoms. The maximum absolute atomic E-state index is 12.7. The Kier molecular flexibility index (Phi) is 4.85. The van der Waals surface area contributed by atoms with E-state index < -0.39 is 12.1 Å².